The number of para-hydroxylation sites is 2. The average Bonchev–Trinajstić information content (AvgIpc) is 3.11. The van der Waals surface area contributed by atoms with E-state index in [2.05, 4.69) is 0 Å². The van der Waals surface area contributed by atoms with Crippen LogP contribution in [0.2, 0.25) is 5.02 Å². The molecule has 0 N–H and O–H groups in total. The molecule has 0 unspecified atom stereocenters. The number of rotatable bonds is 6. The van der Waals surface area contributed by atoms with Gasteiger partial charge in [-0.1, -0.05) is 43.0 Å². The predicted molar refractivity (Wildman–Crippen MR) is 115 cm³/mol. The summed E-state index contributed by atoms with van der Waals surface area (Å²) < 4.78 is 7.89. The van der Waals surface area contributed by atoms with Gasteiger partial charge in [0.1, 0.15) is 24.7 Å². The molecular formula is C23H26ClN3O2. The smallest absolute Gasteiger partial charge is 0.242 e. The third-order valence-corrected chi connectivity index (χ3v) is 5.98. The van der Waals surface area contributed by atoms with Gasteiger partial charge in [-0.2, -0.15) is 0 Å². The van der Waals surface area contributed by atoms with E-state index in [4.69, 9.17) is 21.3 Å². The van der Waals surface area contributed by atoms with Crippen molar-refractivity contribution in [1.82, 2.24) is 14.5 Å². The molecule has 1 saturated carbocycles. The largest absolute Gasteiger partial charge is 0.486 e. The van der Waals surface area contributed by atoms with E-state index in [1.54, 1.807) is 12.1 Å². The number of imidazole rings is 1. The number of hydrogen-bond donors (Lipinski definition) is 0. The molecule has 0 atom stereocenters. The SMILES string of the molecule is CN(C(=O)Cn1c(COc2ccc(Cl)cc2)nc2ccccc21)C1CCCCC1. The van der Waals surface area contributed by atoms with Gasteiger partial charge in [0.25, 0.3) is 0 Å². The third-order valence-electron chi connectivity index (χ3n) is 5.72. The number of carbonyl (C=O) groups is 1. The van der Waals surface area contributed by atoms with Crippen molar-refractivity contribution in [3.8, 4) is 5.75 Å². The molecule has 152 valence electrons. The molecule has 6 heteroatoms. The third kappa shape index (κ3) is 4.56. The van der Waals surface area contributed by atoms with Crippen molar-refractivity contribution in [3.05, 3.63) is 59.4 Å². The number of ether oxygens (including phenoxy) is 1. The van der Waals surface area contributed by atoms with Crippen molar-refractivity contribution < 1.29 is 9.53 Å². The van der Waals surface area contributed by atoms with Crippen LogP contribution in [0, 0.1) is 0 Å². The zero-order valence-corrected chi connectivity index (χ0v) is 17.4. The van der Waals surface area contributed by atoms with E-state index >= 15 is 0 Å². The second-order valence-corrected chi connectivity index (χ2v) is 8.08. The number of halogens is 1. The van der Waals surface area contributed by atoms with Crippen molar-refractivity contribution in [2.75, 3.05) is 7.05 Å². The van der Waals surface area contributed by atoms with E-state index in [9.17, 15) is 4.79 Å². The van der Waals surface area contributed by atoms with Gasteiger partial charge >= 0.3 is 0 Å². The Kier molecular flexibility index (Phi) is 6.05. The highest BCUT2D eigenvalue weighted by Gasteiger charge is 2.23. The minimum atomic E-state index is 0.118. The van der Waals surface area contributed by atoms with Crippen LogP contribution in [0.15, 0.2) is 48.5 Å². The Bertz CT molecular complexity index is 977. The number of aromatic nitrogens is 2. The number of benzene rings is 2. The molecule has 1 aliphatic rings. The number of fused-ring (bicyclic) bond motifs is 1. The summed E-state index contributed by atoms with van der Waals surface area (Å²) in [5, 5.41) is 0.668. The highest BCUT2D eigenvalue weighted by atomic mass is 35.5. The molecule has 1 heterocycles. The maximum Gasteiger partial charge on any atom is 0.242 e. The van der Waals surface area contributed by atoms with E-state index in [-0.39, 0.29) is 19.1 Å². The van der Waals surface area contributed by atoms with Crippen LogP contribution >= 0.6 is 11.6 Å². The molecule has 29 heavy (non-hydrogen) atoms. The van der Waals surface area contributed by atoms with Gasteiger partial charge in [0, 0.05) is 18.1 Å². The summed E-state index contributed by atoms with van der Waals surface area (Å²) in [7, 11) is 1.93. The number of carbonyl (C=O) groups excluding carboxylic acids is 1. The lowest BCUT2D eigenvalue weighted by Gasteiger charge is -2.31. The van der Waals surface area contributed by atoms with Crippen molar-refractivity contribution in [3.63, 3.8) is 0 Å². The quantitative estimate of drug-likeness (QED) is 0.569. The van der Waals surface area contributed by atoms with Crippen LogP contribution in [0.25, 0.3) is 11.0 Å². The van der Waals surface area contributed by atoms with Gasteiger partial charge in [-0.3, -0.25) is 4.79 Å². The Morgan fingerprint density at radius 1 is 1.14 bits per heavy atom. The van der Waals surface area contributed by atoms with Crippen molar-refractivity contribution in [1.29, 1.82) is 0 Å². The monoisotopic (exact) mass is 411 g/mol. The Morgan fingerprint density at radius 3 is 2.62 bits per heavy atom. The molecule has 0 saturated heterocycles. The van der Waals surface area contributed by atoms with E-state index < -0.39 is 0 Å². The molecule has 0 bridgehead atoms. The number of amides is 1. The molecule has 0 aliphatic heterocycles. The van der Waals surface area contributed by atoms with Crippen molar-refractivity contribution in [2.45, 2.75) is 51.3 Å². The topological polar surface area (TPSA) is 47.4 Å². The lowest BCUT2D eigenvalue weighted by atomic mass is 9.94. The first-order valence-corrected chi connectivity index (χ1v) is 10.6. The highest BCUT2D eigenvalue weighted by molar-refractivity contribution is 6.30. The molecular weight excluding hydrogens is 386 g/mol. The maximum atomic E-state index is 13.0. The minimum absolute atomic E-state index is 0.118. The summed E-state index contributed by atoms with van der Waals surface area (Å²) in [6.07, 6.45) is 5.88. The van der Waals surface area contributed by atoms with Crippen molar-refractivity contribution in [2.24, 2.45) is 0 Å². The van der Waals surface area contributed by atoms with E-state index in [1.807, 2.05) is 52.9 Å². The summed E-state index contributed by atoms with van der Waals surface area (Å²) in [6.45, 7) is 0.559. The molecule has 1 aromatic heterocycles. The normalized spacial score (nSPS) is 14.8. The Labute approximate surface area is 176 Å². The van der Waals surface area contributed by atoms with Crippen LogP contribution < -0.4 is 4.74 Å². The van der Waals surface area contributed by atoms with E-state index in [1.165, 1.54) is 19.3 Å². The van der Waals surface area contributed by atoms with E-state index in [0.29, 0.717) is 11.1 Å². The Balaban J connectivity index is 1.54. The van der Waals surface area contributed by atoms with Crippen molar-refractivity contribution >= 4 is 28.5 Å². The van der Waals surface area contributed by atoms with Crippen LogP contribution in [-0.4, -0.2) is 33.4 Å². The first kappa shape index (κ1) is 19.8. The summed E-state index contributed by atoms with van der Waals surface area (Å²) in [4.78, 5) is 19.7. The van der Waals surface area contributed by atoms with Crippen LogP contribution in [0.1, 0.15) is 37.9 Å². The van der Waals surface area contributed by atoms with Gasteiger partial charge < -0.3 is 14.2 Å². The Hall–Kier alpha value is -2.53. The lowest BCUT2D eigenvalue weighted by Crippen LogP contribution is -2.40. The zero-order chi connectivity index (χ0) is 20.2. The second kappa shape index (κ2) is 8.87. The fourth-order valence-corrected chi connectivity index (χ4v) is 4.14. The predicted octanol–water partition coefficient (Wildman–Crippen LogP) is 5.06. The first-order valence-electron chi connectivity index (χ1n) is 10.2. The van der Waals surface area contributed by atoms with Gasteiger partial charge in [0.05, 0.1) is 11.0 Å². The second-order valence-electron chi connectivity index (χ2n) is 7.64. The van der Waals surface area contributed by atoms with Gasteiger partial charge in [-0.25, -0.2) is 4.98 Å². The standard InChI is InChI=1S/C23H26ClN3O2/c1-26(18-7-3-2-4-8-18)23(28)15-27-21-10-6-5-9-20(21)25-22(27)16-29-19-13-11-17(24)12-14-19/h5-6,9-14,18H,2-4,7-8,15-16H2,1H3. The highest BCUT2D eigenvalue weighted by Crippen LogP contribution is 2.23. The van der Waals surface area contributed by atoms with Gasteiger partial charge in [0.15, 0.2) is 0 Å². The van der Waals surface area contributed by atoms with Crippen LogP contribution in [0.4, 0.5) is 0 Å². The number of nitrogens with zero attached hydrogens (tertiary/aromatic N) is 3. The van der Waals surface area contributed by atoms with Gasteiger partial charge in [-0.15, -0.1) is 0 Å². The Morgan fingerprint density at radius 2 is 1.86 bits per heavy atom. The average molecular weight is 412 g/mol. The molecule has 0 spiro atoms. The fourth-order valence-electron chi connectivity index (χ4n) is 4.01. The lowest BCUT2D eigenvalue weighted by molar-refractivity contribution is -0.133. The zero-order valence-electron chi connectivity index (χ0n) is 16.7. The summed E-state index contributed by atoms with van der Waals surface area (Å²) in [6, 6.07) is 15.5. The molecule has 1 fully saturated rings. The summed E-state index contributed by atoms with van der Waals surface area (Å²) >= 11 is 5.94. The summed E-state index contributed by atoms with van der Waals surface area (Å²) in [5.74, 6) is 1.58. The summed E-state index contributed by atoms with van der Waals surface area (Å²) in [5.41, 5.74) is 1.82. The fraction of sp³-hybridized carbons (Fsp3) is 0.391. The van der Waals surface area contributed by atoms with E-state index in [0.717, 1.165) is 35.4 Å². The number of likely N-dealkylation sites (N-methyl/N-ethyl adjacent to an activating group) is 1. The minimum Gasteiger partial charge on any atom is -0.486 e. The van der Waals surface area contributed by atoms with Crippen LogP contribution in [-0.2, 0) is 17.9 Å². The molecule has 0 radical (unpaired) electrons. The van der Waals surface area contributed by atoms with Crippen LogP contribution in [0.3, 0.4) is 0 Å². The molecule has 5 nitrogen and oxygen atoms in total. The first-order chi connectivity index (χ1) is 14.1. The van der Waals surface area contributed by atoms with Gasteiger partial charge in [-0.05, 0) is 49.2 Å². The molecule has 4 rings (SSSR count). The molecule has 1 aliphatic carbocycles. The van der Waals surface area contributed by atoms with Crippen LogP contribution in [0.5, 0.6) is 5.75 Å². The molecule has 3 aromatic rings. The molecule has 1 amide bonds. The van der Waals surface area contributed by atoms with Gasteiger partial charge in [0.2, 0.25) is 5.91 Å². The number of hydrogen-bond acceptors (Lipinski definition) is 3. The molecule has 2 aromatic carbocycles. The maximum absolute atomic E-state index is 13.0.